The summed E-state index contributed by atoms with van der Waals surface area (Å²) in [5.41, 5.74) is 0.659. The summed E-state index contributed by atoms with van der Waals surface area (Å²) >= 11 is 6.11. The zero-order valence-corrected chi connectivity index (χ0v) is 13.7. The van der Waals surface area contributed by atoms with E-state index in [1.807, 2.05) is 0 Å². The number of likely N-dealkylation sites (tertiary alicyclic amines) is 1. The first-order valence-corrected chi connectivity index (χ1v) is 7.48. The second-order valence-electron chi connectivity index (χ2n) is 5.10. The Morgan fingerprint density at radius 3 is 2.70 bits per heavy atom. The van der Waals surface area contributed by atoms with Crippen LogP contribution in [0, 0.1) is 0 Å². The Balaban J connectivity index is 2.18. The summed E-state index contributed by atoms with van der Waals surface area (Å²) in [6, 6.07) is 2.58. The minimum absolute atomic E-state index is 0.333. The summed E-state index contributed by atoms with van der Waals surface area (Å²) in [6.07, 6.45) is 4.10. The van der Waals surface area contributed by atoms with Gasteiger partial charge in [-0.25, -0.2) is 4.79 Å². The number of methoxy groups -OCH3 is 2. The van der Waals surface area contributed by atoms with Crippen molar-refractivity contribution in [2.75, 3.05) is 20.8 Å². The Morgan fingerprint density at radius 1 is 1.35 bits per heavy atom. The van der Waals surface area contributed by atoms with E-state index in [4.69, 9.17) is 26.2 Å². The van der Waals surface area contributed by atoms with Crippen molar-refractivity contribution in [3.8, 4) is 11.5 Å². The number of hydrogen-bond donors (Lipinski definition) is 1. The molecule has 124 valence electrons. The first-order chi connectivity index (χ1) is 11.0. The predicted molar refractivity (Wildman–Crippen MR) is 86.0 cm³/mol. The first kappa shape index (κ1) is 17.1. The van der Waals surface area contributed by atoms with Gasteiger partial charge in [0.15, 0.2) is 11.5 Å². The average Bonchev–Trinajstić information content (AvgIpc) is 3.01. The Morgan fingerprint density at radius 2 is 2.09 bits per heavy atom. The van der Waals surface area contributed by atoms with E-state index >= 15 is 0 Å². The normalized spacial score (nSPS) is 17.5. The van der Waals surface area contributed by atoms with Crippen molar-refractivity contribution in [3.05, 3.63) is 28.8 Å². The van der Waals surface area contributed by atoms with Crippen molar-refractivity contribution in [2.24, 2.45) is 0 Å². The lowest BCUT2D eigenvalue weighted by Gasteiger charge is -2.19. The van der Waals surface area contributed by atoms with Crippen LogP contribution in [0.15, 0.2) is 18.2 Å². The Kier molecular flexibility index (Phi) is 5.50. The number of aliphatic carboxylic acids is 1. The van der Waals surface area contributed by atoms with Gasteiger partial charge >= 0.3 is 5.97 Å². The van der Waals surface area contributed by atoms with Gasteiger partial charge in [0.2, 0.25) is 5.91 Å². The van der Waals surface area contributed by atoms with Crippen LogP contribution in [0.25, 0.3) is 6.08 Å². The maximum atomic E-state index is 12.2. The quantitative estimate of drug-likeness (QED) is 0.834. The number of carbonyl (C=O) groups is 2. The largest absolute Gasteiger partial charge is 0.493 e. The molecule has 7 heteroatoms. The van der Waals surface area contributed by atoms with Gasteiger partial charge in [0.1, 0.15) is 6.04 Å². The highest BCUT2D eigenvalue weighted by molar-refractivity contribution is 6.32. The molecule has 1 aromatic carbocycles. The number of carboxylic acids is 1. The lowest BCUT2D eigenvalue weighted by molar-refractivity contribution is -0.146. The van der Waals surface area contributed by atoms with Gasteiger partial charge in [0, 0.05) is 12.6 Å². The highest BCUT2D eigenvalue weighted by Gasteiger charge is 2.32. The van der Waals surface area contributed by atoms with Crippen LogP contribution in [0.3, 0.4) is 0 Å². The molecule has 0 unspecified atom stereocenters. The molecule has 0 spiro atoms. The third kappa shape index (κ3) is 3.76. The molecule has 1 heterocycles. The van der Waals surface area contributed by atoms with Crippen molar-refractivity contribution in [3.63, 3.8) is 0 Å². The van der Waals surface area contributed by atoms with Crippen LogP contribution in [-0.2, 0) is 9.59 Å². The Labute approximate surface area is 139 Å². The number of carbonyl (C=O) groups excluding carboxylic acids is 1. The van der Waals surface area contributed by atoms with E-state index in [1.165, 1.54) is 25.2 Å². The molecule has 1 aliphatic heterocycles. The molecule has 1 aliphatic rings. The molecule has 1 N–H and O–H groups in total. The minimum Gasteiger partial charge on any atom is -0.493 e. The van der Waals surface area contributed by atoms with E-state index in [1.54, 1.807) is 18.2 Å². The molecular weight excluding hydrogens is 322 g/mol. The van der Waals surface area contributed by atoms with E-state index in [0.717, 1.165) is 0 Å². The molecule has 1 fully saturated rings. The lowest BCUT2D eigenvalue weighted by Crippen LogP contribution is -2.39. The van der Waals surface area contributed by atoms with Crippen LogP contribution >= 0.6 is 11.6 Å². The maximum absolute atomic E-state index is 12.2. The van der Waals surface area contributed by atoms with Gasteiger partial charge in [0.25, 0.3) is 0 Å². The zero-order chi connectivity index (χ0) is 17.0. The highest BCUT2D eigenvalue weighted by Crippen LogP contribution is 2.36. The SMILES string of the molecule is COc1cc(/C=C/C(=O)N2CCC[C@@H]2C(=O)O)cc(Cl)c1OC. The number of carboxylic acid groups (broad SMARTS) is 1. The number of halogens is 1. The average molecular weight is 340 g/mol. The van der Waals surface area contributed by atoms with Crippen molar-refractivity contribution in [1.82, 2.24) is 4.90 Å². The molecule has 0 radical (unpaired) electrons. The highest BCUT2D eigenvalue weighted by atomic mass is 35.5. The van der Waals surface area contributed by atoms with E-state index in [9.17, 15) is 9.59 Å². The maximum Gasteiger partial charge on any atom is 0.326 e. The van der Waals surface area contributed by atoms with Gasteiger partial charge in [-0.15, -0.1) is 0 Å². The standard InChI is InChI=1S/C16H18ClNO5/c1-22-13-9-10(8-11(17)15(13)23-2)5-6-14(19)18-7-3-4-12(18)16(20)21/h5-6,8-9,12H,3-4,7H2,1-2H3,(H,20,21)/b6-5+/t12-/m1/s1. The summed E-state index contributed by atoms with van der Waals surface area (Å²) in [7, 11) is 2.98. The fourth-order valence-electron chi connectivity index (χ4n) is 2.58. The number of ether oxygens (including phenoxy) is 2. The molecule has 1 atom stereocenters. The molecular formula is C16H18ClNO5. The summed E-state index contributed by atoms with van der Waals surface area (Å²) in [5, 5.41) is 9.48. The number of benzene rings is 1. The molecule has 23 heavy (non-hydrogen) atoms. The second-order valence-corrected chi connectivity index (χ2v) is 5.51. The lowest BCUT2D eigenvalue weighted by atomic mass is 10.1. The molecule has 2 rings (SSSR count). The second kappa shape index (κ2) is 7.37. The van der Waals surface area contributed by atoms with Crippen molar-refractivity contribution in [2.45, 2.75) is 18.9 Å². The van der Waals surface area contributed by atoms with Crippen LogP contribution in [0.1, 0.15) is 18.4 Å². The van der Waals surface area contributed by atoms with Gasteiger partial charge in [-0.2, -0.15) is 0 Å². The Bertz CT molecular complexity index is 644. The monoisotopic (exact) mass is 339 g/mol. The molecule has 0 saturated carbocycles. The topological polar surface area (TPSA) is 76.1 Å². The van der Waals surface area contributed by atoms with Gasteiger partial charge in [-0.3, -0.25) is 4.79 Å². The van der Waals surface area contributed by atoms with Crippen LogP contribution < -0.4 is 9.47 Å². The van der Waals surface area contributed by atoms with Gasteiger partial charge in [0.05, 0.1) is 19.2 Å². The summed E-state index contributed by atoms with van der Waals surface area (Å²) in [5.74, 6) is -0.431. The van der Waals surface area contributed by atoms with Crippen LogP contribution in [-0.4, -0.2) is 48.7 Å². The van der Waals surface area contributed by atoms with Crippen LogP contribution in [0.5, 0.6) is 11.5 Å². The van der Waals surface area contributed by atoms with Gasteiger partial charge in [-0.05, 0) is 36.6 Å². The van der Waals surface area contributed by atoms with Crippen molar-refractivity contribution >= 4 is 29.6 Å². The number of nitrogens with zero attached hydrogens (tertiary/aromatic N) is 1. The molecule has 1 amide bonds. The zero-order valence-electron chi connectivity index (χ0n) is 12.9. The van der Waals surface area contributed by atoms with E-state index in [2.05, 4.69) is 0 Å². The number of amides is 1. The number of rotatable bonds is 5. The third-order valence-corrected chi connectivity index (χ3v) is 3.98. The third-order valence-electron chi connectivity index (χ3n) is 3.70. The van der Waals surface area contributed by atoms with E-state index in [-0.39, 0.29) is 5.91 Å². The van der Waals surface area contributed by atoms with Gasteiger partial charge in [-0.1, -0.05) is 11.6 Å². The summed E-state index contributed by atoms with van der Waals surface area (Å²) in [6.45, 7) is 0.451. The van der Waals surface area contributed by atoms with E-state index in [0.29, 0.717) is 41.5 Å². The molecule has 6 nitrogen and oxygen atoms in total. The van der Waals surface area contributed by atoms with E-state index < -0.39 is 12.0 Å². The summed E-state index contributed by atoms with van der Waals surface area (Å²) < 4.78 is 10.3. The molecule has 0 aliphatic carbocycles. The molecule has 1 saturated heterocycles. The smallest absolute Gasteiger partial charge is 0.326 e. The number of hydrogen-bond acceptors (Lipinski definition) is 4. The first-order valence-electron chi connectivity index (χ1n) is 7.11. The minimum atomic E-state index is -0.974. The van der Waals surface area contributed by atoms with Crippen molar-refractivity contribution < 1.29 is 24.2 Å². The van der Waals surface area contributed by atoms with Crippen LogP contribution in [0.2, 0.25) is 5.02 Å². The fourth-order valence-corrected chi connectivity index (χ4v) is 2.88. The van der Waals surface area contributed by atoms with Crippen molar-refractivity contribution in [1.29, 1.82) is 0 Å². The fraction of sp³-hybridized carbons (Fsp3) is 0.375. The Hall–Kier alpha value is -2.21. The van der Waals surface area contributed by atoms with Gasteiger partial charge < -0.3 is 19.5 Å². The predicted octanol–water partition coefficient (Wildman–Crippen LogP) is 2.45. The molecule has 1 aromatic rings. The summed E-state index contributed by atoms with van der Waals surface area (Å²) in [4.78, 5) is 24.7. The molecule has 0 aromatic heterocycles. The van der Waals surface area contributed by atoms with Crippen LogP contribution in [0.4, 0.5) is 0 Å². The molecule has 0 bridgehead atoms.